The molecule has 1 aromatic carbocycles. The third-order valence-corrected chi connectivity index (χ3v) is 4.46. The lowest BCUT2D eigenvalue weighted by Gasteiger charge is -2.10. The number of aromatic nitrogens is 1. The molecule has 6 heteroatoms. The minimum Gasteiger partial charge on any atom is -0.313 e. The minimum atomic E-state index is -3.57. The molecule has 0 radical (unpaired) electrons. The summed E-state index contributed by atoms with van der Waals surface area (Å²) in [4.78, 5) is 4.20. The molecule has 112 valence electrons. The van der Waals surface area contributed by atoms with E-state index in [1.807, 2.05) is 26.0 Å². The monoisotopic (exact) mass is 305 g/mol. The van der Waals surface area contributed by atoms with Crippen LogP contribution in [0.2, 0.25) is 0 Å². The van der Waals surface area contributed by atoms with Crippen molar-refractivity contribution in [2.24, 2.45) is 0 Å². The van der Waals surface area contributed by atoms with Gasteiger partial charge in [-0.3, -0.25) is 9.71 Å². The number of aryl methyl sites for hydroxylation is 1. The summed E-state index contributed by atoms with van der Waals surface area (Å²) in [6.45, 7) is 5.45. The molecule has 5 nitrogen and oxygen atoms in total. The van der Waals surface area contributed by atoms with E-state index in [2.05, 4.69) is 15.0 Å². The number of hydrogen-bond acceptors (Lipinski definition) is 4. The van der Waals surface area contributed by atoms with E-state index in [4.69, 9.17) is 0 Å². The lowest BCUT2D eigenvalue weighted by Crippen LogP contribution is -2.15. The van der Waals surface area contributed by atoms with Crippen molar-refractivity contribution in [3.63, 3.8) is 0 Å². The molecule has 0 saturated carbocycles. The maximum atomic E-state index is 12.3. The van der Waals surface area contributed by atoms with Gasteiger partial charge in [0.1, 0.15) is 0 Å². The van der Waals surface area contributed by atoms with E-state index < -0.39 is 10.0 Å². The van der Waals surface area contributed by atoms with Crippen LogP contribution in [-0.2, 0) is 16.6 Å². The molecule has 0 aliphatic rings. The average Bonchev–Trinajstić information content (AvgIpc) is 2.48. The van der Waals surface area contributed by atoms with Crippen LogP contribution in [0.1, 0.15) is 18.1 Å². The van der Waals surface area contributed by atoms with Crippen LogP contribution >= 0.6 is 0 Å². The molecule has 2 N–H and O–H groups in total. The predicted octanol–water partition coefficient (Wildman–Crippen LogP) is 2.30. The Morgan fingerprint density at radius 3 is 2.48 bits per heavy atom. The van der Waals surface area contributed by atoms with Crippen LogP contribution in [0.25, 0.3) is 0 Å². The van der Waals surface area contributed by atoms with Crippen molar-refractivity contribution in [1.82, 2.24) is 10.3 Å². The van der Waals surface area contributed by atoms with Crippen LogP contribution in [0.4, 0.5) is 5.69 Å². The summed E-state index contributed by atoms with van der Waals surface area (Å²) in [5.74, 6) is 0. The number of rotatable bonds is 6. The topological polar surface area (TPSA) is 71.1 Å². The van der Waals surface area contributed by atoms with Crippen LogP contribution in [0, 0.1) is 6.92 Å². The van der Waals surface area contributed by atoms with E-state index >= 15 is 0 Å². The van der Waals surface area contributed by atoms with Crippen molar-refractivity contribution in [3.05, 3.63) is 53.9 Å². The number of benzene rings is 1. The van der Waals surface area contributed by atoms with Crippen molar-refractivity contribution < 1.29 is 8.42 Å². The average molecular weight is 305 g/mol. The quantitative estimate of drug-likeness (QED) is 0.859. The Morgan fingerprint density at radius 2 is 1.86 bits per heavy atom. The van der Waals surface area contributed by atoms with Crippen LogP contribution in [0.5, 0.6) is 0 Å². The third kappa shape index (κ3) is 4.03. The molecule has 2 rings (SSSR count). The molecule has 0 aliphatic carbocycles. The molecule has 0 amide bonds. The van der Waals surface area contributed by atoms with Gasteiger partial charge in [0.25, 0.3) is 10.0 Å². The SMILES string of the molecule is CCNCc1ccc(S(=O)(=O)Nc2ccncc2C)cc1. The first-order valence-electron chi connectivity index (χ1n) is 6.76. The first kappa shape index (κ1) is 15.5. The molecule has 0 saturated heterocycles. The Morgan fingerprint density at radius 1 is 1.14 bits per heavy atom. The highest BCUT2D eigenvalue weighted by Gasteiger charge is 2.14. The number of pyridine rings is 1. The summed E-state index contributed by atoms with van der Waals surface area (Å²) < 4.78 is 27.2. The van der Waals surface area contributed by atoms with E-state index in [1.54, 1.807) is 30.6 Å². The molecule has 0 fully saturated rings. The Bertz CT molecular complexity index is 697. The minimum absolute atomic E-state index is 0.249. The van der Waals surface area contributed by atoms with Gasteiger partial charge in [-0.15, -0.1) is 0 Å². The first-order valence-corrected chi connectivity index (χ1v) is 8.24. The second-order valence-electron chi connectivity index (χ2n) is 4.72. The van der Waals surface area contributed by atoms with E-state index in [-0.39, 0.29) is 4.90 Å². The van der Waals surface area contributed by atoms with Crippen LogP contribution in [0.3, 0.4) is 0 Å². The molecule has 21 heavy (non-hydrogen) atoms. The van der Waals surface area contributed by atoms with Crippen molar-refractivity contribution in [2.75, 3.05) is 11.3 Å². The van der Waals surface area contributed by atoms with Crippen molar-refractivity contribution in [1.29, 1.82) is 0 Å². The van der Waals surface area contributed by atoms with Crippen molar-refractivity contribution in [2.45, 2.75) is 25.3 Å². The highest BCUT2D eigenvalue weighted by atomic mass is 32.2. The number of nitrogens with one attached hydrogen (secondary N) is 2. The fraction of sp³-hybridized carbons (Fsp3) is 0.267. The normalized spacial score (nSPS) is 11.3. The summed E-state index contributed by atoms with van der Waals surface area (Å²) in [7, 11) is -3.57. The van der Waals surface area contributed by atoms with Gasteiger partial charge >= 0.3 is 0 Å². The van der Waals surface area contributed by atoms with Crippen LogP contribution < -0.4 is 10.0 Å². The fourth-order valence-corrected chi connectivity index (χ4v) is 2.98. The summed E-state index contributed by atoms with van der Waals surface area (Å²) in [6.07, 6.45) is 3.18. The van der Waals surface area contributed by atoms with E-state index in [1.165, 1.54) is 0 Å². The number of hydrogen-bond donors (Lipinski definition) is 2. The first-order chi connectivity index (χ1) is 10.0. The maximum Gasteiger partial charge on any atom is 0.261 e. The number of sulfonamides is 1. The van der Waals surface area contributed by atoms with Gasteiger partial charge in [-0.1, -0.05) is 19.1 Å². The standard InChI is InChI=1S/C15H19N3O2S/c1-3-16-11-13-4-6-14(7-5-13)21(19,20)18-15-8-9-17-10-12(15)2/h4-10,16H,3,11H2,1-2H3,(H,17,18). The third-order valence-electron chi connectivity index (χ3n) is 3.08. The van der Waals surface area contributed by atoms with Gasteiger partial charge in [-0.2, -0.15) is 0 Å². The zero-order chi connectivity index (χ0) is 15.3. The molecule has 1 aromatic heterocycles. The maximum absolute atomic E-state index is 12.3. The number of nitrogens with zero attached hydrogens (tertiary/aromatic N) is 1. The Kier molecular flexibility index (Phi) is 4.93. The predicted molar refractivity (Wildman–Crippen MR) is 83.6 cm³/mol. The summed E-state index contributed by atoms with van der Waals surface area (Å²) in [5, 5.41) is 3.20. The lowest BCUT2D eigenvalue weighted by atomic mass is 10.2. The van der Waals surface area contributed by atoms with Gasteiger partial charge in [0, 0.05) is 18.9 Å². The van der Waals surface area contributed by atoms with Gasteiger partial charge in [-0.25, -0.2) is 8.42 Å². The smallest absolute Gasteiger partial charge is 0.261 e. The van der Waals surface area contributed by atoms with Crippen LogP contribution in [0.15, 0.2) is 47.6 Å². The second-order valence-corrected chi connectivity index (χ2v) is 6.40. The van der Waals surface area contributed by atoms with Gasteiger partial charge in [0.2, 0.25) is 0 Å². The molecule has 0 bridgehead atoms. The Hall–Kier alpha value is -1.92. The highest BCUT2D eigenvalue weighted by Crippen LogP contribution is 2.18. The van der Waals surface area contributed by atoms with E-state index in [9.17, 15) is 8.42 Å². The van der Waals surface area contributed by atoms with Gasteiger partial charge in [0.05, 0.1) is 10.6 Å². The summed E-state index contributed by atoms with van der Waals surface area (Å²) in [5.41, 5.74) is 2.38. The largest absolute Gasteiger partial charge is 0.313 e. The van der Waals surface area contributed by atoms with Crippen molar-refractivity contribution in [3.8, 4) is 0 Å². The zero-order valence-corrected chi connectivity index (χ0v) is 12.9. The summed E-state index contributed by atoms with van der Waals surface area (Å²) in [6, 6.07) is 8.51. The molecular weight excluding hydrogens is 286 g/mol. The van der Waals surface area contributed by atoms with Gasteiger partial charge in [-0.05, 0) is 42.8 Å². The van der Waals surface area contributed by atoms with Crippen LogP contribution in [-0.4, -0.2) is 19.9 Å². The molecular formula is C15H19N3O2S. The van der Waals surface area contributed by atoms with Gasteiger partial charge < -0.3 is 5.32 Å². The Labute approximate surface area is 125 Å². The van der Waals surface area contributed by atoms with E-state index in [0.717, 1.165) is 24.2 Å². The van der Waals surface area contributed by atoms with Gasteiger partial charge in [0.15, 0.2) is 0 Å². The van der Waals surface area contributed by atoms with E-state index in [0.29, 0.717) is 5.69 Å². The number of anilines is 1. The second kappa shape index (κ2) is 6.69. The molecule has 0 unspecified atom stereocenters. The molecule has 0 atom stereocenters. The summed E-state index contributed by atoms with van der Waals surface area (Å²) >= 11 is 0. The molecule has 1 heterocycles. The molecule has 0 spiro atoms. The molecule has 2 aromatic rings. The lowest BCUT2D eigenvalue weighted by molar-refractivity contribution is 0.601. The zero-order valence-electron chi connectivity index (χ0n) is 12.1. The molecule has 0 aliphatic heterocycles. The van der Waals surface area contributed by atoms with Crippen molar-refractivity contribution >= 4 is 15.7 Å². The fourth-order valence-electron chi connectivity index (χ4n) is 1.85. The Balaban J connectivity index is 2.18. The highest BCUT2D eigenvalue weighted by molar-refractivity contribution is 7.92.